The molecule has 0 fully saturated rings. The largest absolute Gasteiger partial charge is 0.508 e. The summed E-state index contributed by atoms with van der Waals surface area (Å²) >= 11 is 24.6. The van der Waals surface area contributed by atoms with Gasteiger partial charge in [0.05, 0.1) is 10.0 Å². The SMILES string of the molecule is O=S(=O)(O)C(c1ccc(O)cc1)(c1cc(Cl)ccc1Cl)c1ccc(Cl)c(O)c1Cl. The molecule has 3 N–H and O–H groups in total. The van der Waals surface area contributed by atoms with Crippen molar-refractivity contribution in [3.05, 3.63) is 91.4 Å². The predicted octanol–water partition coefficient (Wildman–Crippen LogP) is 5.89. The van der Waals surface area contributed by atoms with Crippen LogP contribution in [0.2, 0.25) is 20.1 Å². The number of phenolic OH excluding ortho intramolecular Hbond substituents is 2. The molecule has 0 bridgehead atoms. The van der Waals surface area contributed by atoms with Crippen molar-refractivity contribution < 1.29 is 23.2 Å². The summed E-state index contributed by atoms with van der Waals surface area (Å²) in [5, 5.41) is 19.5. The van der Waals surface area contributed by atoms with Gasteiger partial charge in [0.25, 0.3) is 10.1 Å². The summed E-state index contributed by atoms with van der Waals surface area (Å²) in [6.07, 6.45) is 0. The van der Waals surface area contributed by atoms with E-state index in [0.717, 1.165) is 0 Å². The average Bonchev–Trinajstić information content (AvgIpc) is 2.65. The molecule has 0 aliphatic rings. The van der Waals surface area contributed by atoms with Gasteiger partial charge in [0.1, 0.15) is 5.75 Å². The van der Waals surface area contributed by atoms with Crippen LogP contribution in [-0.4, -0.2) is 23.2 Å². The first-order valence-electron chi connectivity index (χ1n) is 7.89. The highest BCUT2D eigenvalue weighted by molar-refractivity contribution is 7.87. The first kappa shape index (κ1) is 22.0. The molecule has 1 unspecified atom stereocenters. The number of rotatable bonds is 4. The number of hydrogen-bond acceptors (Lipinski definition) is 4. The molecule has 0 aromatic heterocycles. The smallest absolute Gasteiger partial charge is 0.283 e. The minimum Gasteiger partial charge on any atom is -0.508 e. The molecule has 152 valence electrons. The van der Waals surface area contributed by atoms with Crippen molar-refractivity contribution in [1.82, 2.24) is 0 Å². The zero-order valence-electron chi connectivity index (χ0n) is 14.3. The van der Waals surface area contributed by atoms with Gasteiger partial charge in [-0.25, -0.2) is 0 Å². The molecule has 3 aromatic rings. The Morgan fingerprint density at radius 3 is 1.93 bits per heavy atom. The van der Waals surface area contributed by atoms with Crippen molar-refractivity contribution in [3.63, 3.8) is 0 Å². The van der Waals surface area contributed by atoms with Gasteiger partial charge < -0.3 is 10.2 Å². The topological polar surface area (TPSA) is 94.8 Å². The standard InChI is InChI=1S/C19H12Cl4O5S/c20-11-3-7-15(21)14(9-11)19(29(26,27)28,10-1-4-12(24)5-2-10)13-6-8-16(22)18(25)17(13)23/h1-9,24-25H,(H,26,27,28). The molecule has 0 aliphatic carbocycles. The van der Waals surface area contributed by atoms with E-state index in [1.165, 1.54) is 54.6 Å². The van der Waals surface area contributed by atoms with Gasteiger partial charge in [-0.1, -0.05) is 64.6 Å². The highest BCUT2D eigenvalue weighted by atomic mass is 35.5. The Morgan fingerprint density at radius 2 is 1.34 bits per heavy atom. The Morgan fingerprint density at radius 1 is 0.759 bits per heavy atom. The van der Waals surface area contributed by atoms with Crippen LogP contribution >= 0.6 is 46.4 Å². The second-order valence-corrected chi connectivity index (χ2v) is 9.28. The van der Waals surface area contributed by atoms with Crippen molar-refractivity contribution in [2.24, 2.45) is 0 Å². The Hall–Kier alpha value is -1.67. The van der Waals surface area contributed by atoms with E-state index in [9.17, 15) is 23.2 Å². The zero-order valence-corrected chi connectivity index (χ0v) is 18.1. The minimum atomic E-state index is -5.05. The molecule has 5 nitrogen and oxygen atoms in total. The maximum absolute atomic E-state index is 13.0. The molecule has 0 radical (unpaired) electrons. The Balaban J connectivity index is 2.61. The van der Waals surface area contributed by atoms with Crippen molar-refractivity contribution in [1.29, 1.82) is 0 Å². The normalized spacial score (nSPS) is 13.8. The second-order valence-electron chi connectivity index (χ2n) is 6.08. The van der Waals surface area contributed by atoms with Crippen LogP contribution in [0, 0.1) is 0 Å². The molecule has 0 saturated carbocycles. The van der Waals surface area contributed by atoms with Crippen molar-refractivity contribution in [2.75, 3.05) is 0 Å². The second kappa shape index (κ2) is 7.87. The van der Waals surface area contributed by atoms with Gasteiger partial charge in [-0.05, 0) is 42.0 Å². The van der Waals surface area contributed by atoms with E-state index in [1.54, 1.807) is 0 Å². The molecule has 0 saturated heterocycles. The monoisotopic (exact) mass is 492 g/mol. The molecule has 10 heteroatoms. The Kier molecular flexibility index (Phi) is 5.98. The number of halogens is 4. The van der Waals surface area contributed by atoms with Crippen LogP contribution in [0.5, 0.6) is 11.5 Å². The lowest BCUT2D eigenvalue weighted by Gasteiger charge is -2.34. The number of benzene rings is 3. The van der Waals surface area contributed by atoms with Gasteiger partial charge >= 0.3 is 0 Å². The molecule has 3 rings (SSSR count). The summed E-state index contributed by atoms with van der Waals surface area (Å²) in [5.41, 5.74) is -0.326. The highest BCUT2D eigenvalue weighted by Gasteiger charge is 2.51. The number of aromatic hydroxyl groups is 2. The fourth-order valence-electron chi connectivity index (χ4n) is 3.16. The number of hydrogen-bond donors (Lipinski definition) is 3. The van der Waals surface area contributed by atoms with Crippen molar-refractivity contribution >= 4 is 56.5 Å². The molecular formula is C19H12Cl4O5S. The summed E-state index contributed by atoms with van der Waals surface area (Å²) in [6, 6.07) is 11.6. The average molecular weight is 494 g/mol. The summed E-state index contributed by atoms with van der Waals surface area (Å²) in [4.78, 5) is 0. The first-order valence-corrected chi connectivity index (χ1v) is 10.8. The summed E-state index contributed by atoms with van der Waals surface area (Å²) in [6.45, 7) is 0. The number of phenols is 2. The molecule has 1 atom stereocenters. The molecular weight excluding hydrogens is 482 g/mol. The molecule has 3 aromatic carbocycles. The quantitative estimate of drug-likeness (QED) is 0.311. The lowest BCUT2D eigenvalue weighted by Crippen LogP contribution is -2.38. The third-order valence-corrected chi connectivity index (χ3v) is 7.12. The fraction of sp³-hybridized carbons (Fsp3) is 0.0526. The van der Waals surface area contributed by atoms with Crippen molar-refractivity contribution in [3.8, 4) is 11.5 Å². The van der Waals surface area contributed by atoms with Crippen LogP contribution in [-0.2, 0) is 14.9 Å². The van der Waals surface area contributed by atoms with E-state index in [4.69, 9.17) is 46.4 Å². The zero-order chi connectivity index (χ0) is 21.6. The Labute approximate surface area is 186 Å². The fourth-order valence-corrected chi connectivity index (χ4v) is 5.54. The molecule has 0 spiro atoms. The molecule has 29 heavy (non-hydrogen) atoms. The summed E-state index contributed by atoms with van der Waals surface area (Å²) < 4.78 is 34.0. The van der Waals surface area contributed by atoms with Crippen LogP contribution in [0.4, 0.5) is 0 Å². The van der Waals surface area contributed by atoms with Gasteiger partial charge in [-0.15, -0.1) is 0 Å². The van der Waals surface area contributed by atoms with E-state index in [-0.39, 0.29) is 37.5 Å². The van der Waals surface area contributed by atoms with E-state index >= 15 is 0 Å². The van der Waals surface area contributed by atoms with Crippen molar-refractivity contribution in [2.45, 2.75) is 4.75 Å². The lowest BCUT2D eigenvalue weighted by atomic mass is 9.83. The summed E-state index contributed by atoms with van der Waals surface area (Å²) in [7, 11) is -5.05. The van der Waals surface area contributed by atoms with Crippen LogP contribution in [0.1, 0.15) is 16.7 Å². The van der Waals surface area contributed by atoms with E-state index in [2.05, 4.69) is 0 Å². The van der Waals surface area contributed by atoms with Gasteiger partial charge in [0.15, 0.2) is 10.5 Å². The van der Waals surface area contributed by atoms with Crippen LogP contribution in [0.25, 0.3) is 0 Å². The summed E-state index contributed by atoms with van der Waals surface area (Å²) in [5.74, 6) is -0.712. The minimum absolute atomic E-state index is 0.00871. The van der Waals surface area contributed by atoms with Crippen LogP contribution < -0.4 is 0 Å². The van der Waals surface area contributed by atoms with Gasteiger partial charge in [0, 0.05) is 21.2 Å². The lowest BCUT2D eigenvalue weighted by molar-refractivity contribution is 0.455. The van der Waals surface area contributed by atoms with E-state index in [1.807, 2.05) is 0 Å². The third kappa shape index (κ3) is 3.65. The van der Waals surface area contributed by atoms with E-state index in [0.29, 0.717) is 0 Å². The molecule has 0 aliphatic heterocycles. The van der Waals surface area contributed by atoms with E-state index < -0.39 is 25.6 Å². The van der Waals surface area contributed by atoms with Crippen LogP contribution in [0.15, 0.2) is 54.6 Å². The maximum atomic E-state index is 13.0. The van der Waals surface area contributed by atoms with Gasteiger partial charge in [-0.3, -0.25) is 4.55 Å². The van der Waals surface area contributed by atoms with Crippen LogP contribution in [0.3, 0.4) is 0 Å². The Bertz CT molecular complexity index is 1200. The van der Waals surface area contributed by atoms with Gasteiger partial charge in [-0.2, -0.15) is 8.42 Å². The molecule has 0 amide bonds. The van der Waals surface area contributed by atoms with Gasteiger partial charge in [0.2, 0.25) is 0 Å². The molecule has 0 heterocycles. The highest BCUT2D eigenvalue weighted by Crippen LogP contribution is 2.51. The first-order chi connectivity index (χ1) is 13.5. The third-order valence-electron chi connectivity index (χ3n) is 4.41. The predicted molar refractivity (Wildman–Crippen MR) is 114 cm³/mol. The maximum Gasteiger partial charge on any atom is 0.283 e.